The summed E-state index contributed by atoms with van der Waals surface area (Å²) >= 11 is 0. The Morgan fingerprint density at radius 3 is 2.93 bits per heavy atom. The molecule has 6 rings (SSSR count). The number of carbonyl (C=O) groups is 1. The number of fused-ring (bicyclic) bond motifs is 4. The fourth-order valence-corrected chi connectivity index (χ4v) is 5.27. The molecule has 41 heavy (non-hydrogen) atoms. The summed E-state index contributed by atoms with van der Waals surface area (Å²) < 4.78 is 12.3. The number of rotatable bonds is 5. The molecule has 1 atom stereocenters. The molecule has 1 fully saturated rings. The number of hydrazone groups is 1. The second kappa shape index (κ2) is 11.2. The lowest BCUT2D eigenvalue weighted by Crippen LogP contribution is -2.58. The van der Waals surface area contributed by atoms with Crippen molar-refractivity contribution in [2.45, 2.75) is 26.8 Å². The molecule has 1 amide bonds. The highest BCUT2D eigenvalue weighted by Gasteiger charge is 2.34. The number of aromatic nitrogens is 2. The van der Waals surface area contributed by atoms with E-state index in [1.807, 2.05) is 61.5 Å². The molecule has 10 nitrogen and oxygen atoms in total. The minimum absolute atomic E-state index is 0.0594. The average molecular weight is 550 g/mol. The number of nitrogens with zero attached hydrogens (tertiary/aromatic N) is 6. The number of benzene rings is 2. The number of carbonyl (C=O) groups excluding carboxylic acids is 1. The van der Waals surface area contributed by atoms with Gasteiger partial charge in [0.1, 0.15) is 36.0 Å². The van der Waals surface area contributed by atoms with Gasteiger partial charge in [-0.2, -0.15) is 5.10 Å². The van der Waals surface area contributed by atoms with Gasteiger partial charge in [0, 0.05) is 49.2 Å². The standard InChI is InChI=1S/C31H31N7O3/c1-4-6-30(39)36-13-14-38-23(18-36)19-40-29-17-26-25(16-27(29)38)31(33-20-32-26)35-22-7-8-28(21(3)15-22)41-24-9-11-37(12-10-24)34-5-2/h5,7-11,15-17,20,23H,12-14,18-19H2,1-3H3,(H,32,33,35)/b34-5-. The van der Waals surface area contributed by atoms with E-state index in [0.717, 1.165) is 45.1 Å². The van der Waals surface area contributed by atoms with Crippen LogP contribution in [0, 0.1) is 18.8 Å². The number of amides is 1. The Labute approximate surface area is 238 Å². The zero-order valence-electron chi connectivity index (χ0n) is 23.3. The van der Waals surface area contributed by atoms with E-state index in [9.17, 15) is 4.79 Å². The number of piperazine rings is 1. The summed E-state index contributed by atoms with van der Waals surface area (Å²) in [4.78, 5) is 25.5. The Kier molecular flexibility index (Phi) is 7.17. The molecule has 0 radical (unpaired) electrons. The molecule has 10 heteroatoms. The second-order valence-corrected chi connectivity index (χ2v) is 9.97. The number of anilines is 3. The van der Waals surface area contributed by atoms with Crippen molar-refractivity contribution in [3.8, 4) is 23.3 Å². The van der Waals surface area contributed by atoms with Crippen LogP contribution in [0.3, 0.4) is 0 Å². The first-order valence-corrected chi connectivity index (χ1v) is 13.6. The number of ether oxygens (including phenoxy) is 2. The molecule has 1 unspecified atom stereocenters. The Hall–Kier alpha value is -5.04. The molecule has 1 N–H and O–H groups in total. The quantitative estimate of drug-likeness (QED) is 0.374. The Morgan fingerprint density at radius 2 is 2.15 bits per heavy atom. The van der Waals surface area contributed by atoms with Gasteiger partial charge in [0.25, 0.3) is 5.91 Å². The smallest absolute Gasteiger partial charge is 0.298 e. The number of hydrogen-bond donors (Lipinski definition) is 1. The van der Waals surface area contributed by atoms with E-state index in [-0.39, 0.29) is 11.9 Å². The summed E-state index contributed by atoms with van der Waals surface area (Å²) in [5.74, 6) is 8.28. The summed E-state index contributed by atoms with van der Waals surface area (Å²) in [7, 11) is 0. The van der Waals surface area contributed by atoms with Gasteiger partial charge in [0.15, 0.2) is 0 Å². The molecule has 0 saturated carbocycles. The highest BCUT2D eigenvalue weighted by atomic mass is 16.5. The third-order valence-corrected chi connectivity index (χ3v) is 7.28. The summed E-state index contributed by atoms with van der Waals surface area (Å²) in [5.41, 5.74) is 3.66. The van der Waals surface area contributed by atoms with Crippen molar-refractivity contribution < 1.29 is 14.3 Å². The minimum atomic E-state index is -0.136. The van der Waals surface area contributed by atoms with Crippen molar-refractivity contribution in [3.63, 3.8) is 0 Å². The van der Waals surface area contributed by atoms with Gasteiger partial charge in [-0.05, 0) is 68.7 Å². The predicted molar refractivity (Wildman–Crippen MR) is 159 cm³/mol. The lowest BCUT2D eigenvalue weighted by atomic mass is 10.1. The van der Waals surface area contributed by atoms with Crippen LogP contribution in [0.5, 0.6) is 11.5 Å². The molecular formula is C31H31N7O3. The van der Waals surface area contributed by atoms with Crippen molar-refractivity contribution >= 4 is 40.2 Å². The van der Waals surface area contributed by atoms with Crippen molar-refractivity contribution in [2.24, 2.45) is 5.10 Å². The van der Waals surface area contributed by atoms with Crippen LogP contribution in [0.15, 0.2) is 65.9 Å². The normalized spacial score (nSPS) is 17.8. The predicted octanol–water partition coefficient (Wildman–Crippen LogP) is 4.21. The molecule has 3 aliphatic rings. The van der Waals surface area contributed by atoms with Crippen LogP contribution in [-0.2, 0) is 4.79 Å². The first kappa shape index (κ1) is 26.2. The van der Waals surface area contributed by atoms with Crippen LogP contribution in [0.2, 0.25) is 0 Å². The average Bonchev–Trinajstić information content (AvgIpc) is 2.98. The van der Waals surface area contributed by atoms with Gasteiger partial charge in [-0.1, -0.05) is 5.92 Å². The monoisotopic (exact) mass is 549 g/mol. The van der Waals surface area contributed by atoms with Crippen molar-refractivity contribution in [2.75, 3.05) is 43.0 Å². The Balaban J connectivity index is 1.21. The van der Waals surface area contributed by atoms with Crippen LogP contribution < -0.4 is 19.7 Å². The van der Waals surface area contributed by atoms with E-state index >= 15 is 0 Å². The summed E-state index contributed by atoms with van der Waals surface area (Å²) in [6.45, 7) is 8.65. The van der Waals surface area contributed by atoms with Crippen LogP contribution in [0.25, 0.3) is 10.9 Å². The summed E-state index contributed by atoms with van der Waals surface area (Å²) in [6, 6.07) is 10.1. The van der Waals surface area contributed by atoms with Gasteiger partial charge in [0.2, 0.25) is 0 Å². The minimum Gasteiger partial charge on any atom is -0.489 e. The van der Waals surface area contributed by atoms with E-state index in [2.05, 4.69) is 43.2 Å². The van der Waals surface area contributed by atoms with Crippen LogP contribution in [0.4, 0.5) is 17.2 Å². The molecular weight excluding hydrogens is 518 g/mol. The molecule has 4 heterocycles. The Bertz CT molecular complexity index is 1650. The van der Waals surface area contributed by atoms with Crippen LogP contribution in [0.1, 0.15) is 19.4 Å². The van der Waals surface area contributed by atoms with Crippen molar-refractivity contribution in [1.29, 1.82) is 0 Å². The van der Waals surface area contributed by atoms with E-state index in [0.29, 0.717) is 38.6 Å². The van der Waals surface area contributed by atoms with E-state index in [1.165, 1.54) is 0 Å². The summed E-state index contributed by atoms with van der Waals surface area (Å²) in [5, 5.41) is 10.4. The first-order valence-electron chi connectivity index (χ1n) is 13.6. The van der Waals surface area contributed by atoms with Crippen LogP contribution >= 0.6 is 0 Å². The van der Waals surface area contributed by atoms with Gasteiger partial charge >= 0.3 is 0 Å². The van der Waals surface area contributed by atoms with Gasteiger partial charge in [-0.25, -0.2) is 9.97 Å². The zero-order chi connectivity index (χ0) is 28.3. The largest absolute Gasteiger partial charge is 0.489 e. The molecule has 0 spiro atoms. The SMILES string of the molecule is CC#CC(=O)N1CCN2c3cc4c(Nc5ccc(OC6=CCN(/N=C\C)C=C6)c(C)c5)ncnc4cc3OCC2C1. The molecule has 0 aliphatic carbocycles. The third-order valence-electron chi connectivity index (χ3n) is 7.28. The van der Waals surface area contributed by atoms with Crippen molar-refractivity contribution in [3.05, 3.63) is 66.3 Å². The maximum atomic E-state index is 12.3. The molecule has 1 aromatic heterocycles. The number of allylic oxidation sites excluding steroid dienone is 1. The van der Waals surface area contributed by atoms with Gasteiger partial charge in [-0.3, -0.25) is 9.80 Å². The number of hydrogen-bond acceptors (Lipinski definition) is 9. The fourth-order valence-electron chi connectivity index (χ4n) is 5.27. The van der Waals surface area contributed by atoms with E-state index in [4.69, 9.17) is 9.47 Å². The molecule has 208 valence electrons. The highest BCUT2D eigenvalue weighted by Crippen LogP contribution is 2.40. The molecule has 3 aromatic rings. The van der Waals surface area contributed by atoms with Gasteiger partial charge in [0.05, 0.1) is 23.8 Å². The zero-order valence-corrected chi connectivity index (χ0v) is 23.3. The Morgan fingerprint density at radius 1 is 1.24 bits per heavy atom. The number of aryl methyl sites for hydroxylation is 1. The lowest BCUT2D eigenvalue weighted by molar-refractivity contribution is -0.126. The highest BCUT2D eigenvalue weighted by molar-refractivity contribution is 5.96. The van der Waals surface area contributed by atoms with Gasteiger partial charge in [-0.15, -0.1) is 0 Å². The third kappa shape index (κ3) is 5.39. The fraction of sp³-hybridized carbons (Fsp3) is 0.290. The van der Waals surface area contributed by atoms with Crippen molar-refractivity contribution in [1.82, 2.24) is 19.9 Å². The van der Waals surface area contributed by atoms with Gasteiger partial charge < -0.3 is 24.6 Å². The lowest BCUT2D eigenvalue weighted by Gasteiger charge is -2.45. The van der Waals surface area contributed by atoms with E-state index < -0.39 is 0 Å². The molecule has 3 aliphatic heterocycles. The molecule has 0 bridgehead atoms. The molecule has 2 aromatic carbocycles. The topological polar surface area (TPSA) is 95.4 Å². The first-order chi connectivity index (χ1) is 20.0. The maximum Gasteiger partial charge on any atom is 0.298 e. The van der Waals surface area contributed by atoms with Crippen LogP contribution in [-0.4, -0.2) is 70.8 Å². The maximum absolute atomic E-state index is 12.3. The summed E-state index contributed by atoms with van der Waals surface area (Å²) in [6.07, 6.45) is 9.11. The molecule has 1 saturated heterocycles. The number of nitrogens with one attached hydrogen (secondary N) is 1. The second-order valence-electron chi connectivity index (χ2n) is 9.97. The van der Waals surface area contributed by atoms with E-state index in [1.54, 1.807) is 24.4 Å².